The van der Waals surface area contributed by atoms with Crippen LogP contribution in [0, 0.1) is 0 Å². The lowest BCUT2D eigenvalue weighted by atomic mass is 10.1. The van der Waals surface area contributed by atoms with E-state index in [2.05, 4.69) is 17.1 Å². The average Bonchev–Trinajstić information content (AvgIpc) is 3.20. The highest BCUT2D eigenvalue weighted by Gasteiger charge is 2.18. The number of aromatic nitrogens is 1. The topological polar surface area (TPSA) is 51.7 Å². The maximum Gasteiger partial charge on any atom is 0.231 e. The molecule has 5 nitrogen and oxygen atoms in total. The van der Waals surface area contributed by atoms with Crippen LogP contribution in [0.4, 0.5) is 0 Å². The first-order chi connectivity index (χ1) is 13.8. The van der Waals surface area contributed by atoms with Crippen LogP contribution in [0.25, 0.3) is 0 Å². The van der Waals surface area contributed by atoms with Crippen LogP contribution in [-0.2, 0) is 24.2 Å². The molecule has 1 aliphatic rings. The van der Waals surface area contributed by atoms with Crippen LogP contribution in [0.1, 0.15) is 16.7 Å². The molecule has 2 aromatic carbocycles. The van der Waals surface area contributed by atoms with E-state index >= 15 is 0 Å². The van der Waals surface area contributed by atoms with Gasteiger partial charge >= 0.3 is 0 Å². The summed E-state index contributed by atoms with van der Waals surface area (Å²) in [5.41, 5.74) is 3.16. The van der Waals surface area contributed by atoms with Crippen molar-refractivity contribution < 1.29 is 14.3 Å². The van der Waals surface area contributed by atoms with E-state index in [4.69, 9.17) is 9.47 Å². The molecule has 0 bridgehead atoms. The zero-order chi connectivity index (χ0) is 19.2. The van der Waals surface area contributed by atoms with E-state index in [1.165, 1.54) is 5.56 Å². The van der Waals surface area contributed by atoms with E-state index < -0.39 is 0 Å². The number of benzene rings is 2. The Balaban J connectivity index is 1.47. The van der Waals surface area contributed by atoms with Crippen LogP contribution in [0.5, 0.6) is 11.5 Å². The molecule has 1 amide bonds. The zero-order valence-corrected chi connectivity index (χ0v) is 15.6. The molecule has 2 heterocycles. The first kappa shape index (κ1) is 18.0. The molecule has 0 unspecified atom stereocenters. The third-order valence-electron chi connectivity index (χ3n) is 4.75. The SMILES string of the molecule is O=C(Cc1ccc2c(c1)OCO2)N(CCc1ccccc1)Cc1cccnc1. The van der Waals surface area contributed by atoms with E-state index in [0.717, 1.165) is 23.3 Å². The van der Waals surface area contributed by atoms with Crippen molar-refractivity contribution in [1.29, 1.82) is 0 Å². The molecule has 28 heavy (non-hydrogen) atoms. The van der Waals surface area contributed by atoms with Crippen molar-refractivity contribution in [2.45, 2.75) is 19.4 Å². The fourth-order valence-electron chi connectivity index (χ4n) is 3.25. The normalized spacial score (nSPS) is 12.0. The summed E-state index contributed by atoms with van der Waals surface area (Å²) in [5, 5.41) is 0. The molecule has 0 saturated carbocycles. The average molecular weight is 374 g/mol. The number of ether oxygens (including phenoxy) is 2. The minimum absolute atomic E-state index is 0.0821. The molecular weight excluding hydrogens is 352 g/mol. The van der Waals surface area contributed by atoms with Gasteiger partial charge in [-0.05, 0) is 41.3 Å². The summed E-state index contributed by atoms with van der Waals surface area (Å²) < 4.78 is 10.8. The maximum atomic E-state index is 13.1. The molecule has 0 aliphatic carbocycles. The number of amides is 1. The van der Waals surface area contributed by atoms with Crippen molar-refractivity contribution in [2.75, 3.05) is 13.3 Å². The molecule has 0 spiro atoms. The van der Waals surface area contributed by atoms with Gasteiger partial charge in [0.15, 0.2) is 11.5 Å². The molecular formula is C23H22N2O3. The van der Waals surface area contributed by atoms with Gasteiger partial charge in [-0.15, -0.1) is 0 Å². The first-order valence-corrected chi connectivity index (χ1v) is 9.37. The molecule has 142 valence electrons. The van der Waals surface area contributed by atoms with Gasteiger partial charge < -0.3 is 14.4 Å². The molecule has 3 aromatic rings. The predicted octanol–water partition coefficient (Wildman–Crippen LogP) is 3.62. The maximum absolute atomic E-state index is 13.1. The molecule has 0 fully saturated rings. The van der Waals surface area contributed by atoms with Gasteiger partial charge in [0.2, 0.25) is 12.7 Å². The van der Waals surface area contributed by atoms with E-state index in [9.17, 15) is 4.79 Å². The monoisotopic (exact) mass is 374 g/mol. The highest BCUT2D eigenvalue weighted by Crippen LogP contribution is 2.32. The summed E-state index contributed by atoms with van der Waals surface area (Å²) in [4.78, 5) is 19.1. The van der Waals surface area contributed by atoms with Gasteiger partial charge in [0, 0.05) is 25.5 Å². The van der Waals surface area contributed by atoms with Crippen molar-refractivity contribution in [1.82, 2.24) is 9.88 Å². The highest BCUT2D eigenvalue weighted by molar-refractivity contribution is 5.79. The number of rotatable bonds is 7. The largest absolute Gasteiger partial charge is 0.454 e. The van der Waals surface area contributed by atoms with Crippen molar-refractivity contribution in [3.05, 3.63) is 89.7 Å². The fraction of sp³-hybridized carbons (Fsp3) is 0.217. The number of carbonyl (C=O) groups is 1. The summed E-state index contributed by atoms with van der Waals surface area (Å²) >= 11 is 0. The van der Waals surface area contributed by atoms with Gasteiger partial charge in [-0.1, -0.05) is 42.5 Å². The van der Waals surface area contributed by atoms with Gasteiger partial charge in [0.05, 0.1) is 6.42 Å². The second kappa shape index (κ2) is 8.57. The van der Waals surface area contributed by atoms with Crippen molar-refractivity contribution in [3.63, 3.8) is 0 Å². The second-order valence-electron chi connectivity index (χ2n) is 6.78. The Bertz CT molecular complexity index is 929. The Morgan fingerprint density at radius 2 is 1.75 bits per heavy atom. The Morgan fingerprint density at radius 1 is 0.929 bits per heavy atom. The number of carbonyl (C=O) groups excluding carboxylic acids is 1. The zero-order valence-electron chi connectivity index (χ0n) is 15.6. The summed E-state index contributed by atoms with van der Waals surface area (Å²) in [6.07, 6.45) is 4.69. The number of fused-ring (bicyclic) bond motifs is 1. The molecule has 0 radical (unpaired) electrons. The molecule has 1 aromatic heterocycles. The number of pyridine rings is 1. The molecule has 1 aliphatic heterocycles. The summed E-state index contributed by atoms with van der Waals surface area (Å²) in [6.45, 7) is 1.43. The van der Waals surface area contributed by atoms with E-state index in [-0.39, 0.29) is 12.7 Å². The smallest absolute Gasteiger partial charge is 0.231 e. The predicted molar refractivity (Wildman–Crippen MR) is 106 cm³/mol. The Morgan fingerprint density at radius 3 is 2.57 bits per heavy atom. The fourth-order valence-corrected chi connectivity index (χ4v) is 3.25. The van der Waals surface area contributed by atoms with Crippen molar-refractivity contribution in [3.8, 4) is 11.5 Å². The molecule has 0 N–H and O–H groups in total. The van der Waals surface area contributed by atoms with Gasteiger partial charge in [-0.2, -0.15) is 0 Å². The number of nitrogens with zero attached hydrogens (tertiary/aromatic N) is 2. The summed E-state index contributed by atoms with van der Waals surface area (Å²) in [5.74, 6) is 1.51. The molecule has 0 saturated heterocycles. The van der Waals surface area contributed by atoms with E-state index in [0.29, 0.717) is 25.3 Å². The molecule has 4 rings (SSSR count). The van der Waals surface area contributed by atoms with Gasteiger partial charge in [-0.25, -0.2) is 0 Å². The lowest BCUT2D eigenvalue weighted by Gasteiger charge is -2.23. The number of hydrogen-bond donors (Lipinski definition) is 0. The Labute approximate surface area is 164 Å². The van der Waals surface area contributed by atoms with Crippen LogP contribution in [-0.4, -0.2) is 29.1 Å². The van der Waals surface area contributed by atoms with Crippen molar-refractivity contribution in [2.24, 2.45) is 0 Å². The Kier molecular flexibility index (Phi) is 5.52. The summed E-state index contributed by atoms with van der Waals surface area (Å²) in [6, 6.07) is 19.8. The van der Waals surface area contributed by atoms with E-state index in [1.807, 2.05) is 59.6 Å². The van der Waals surface area contributed by atoms with Crippen LogP contribution in [0.2, 0.25) is 0 Å². The van der Waals surface area contributed by atoms with Gasteiger partial charge in [-0.3, -0.25) is 9.78 Å². The molecule has 0 atom stereocenters. The third-order valence-corrected chi connectivity index (χ3v) is 4.75. The third kappa shape index (κ3) is 4.49. The number of hydrogen-bond acceptors (Lipinski definition) is 4. The Hall–Kier alpha value is -3.34. The van der Waals surface area contributed by atoms with Gasteiger partial charge in [0.1, 0.15) is 0 Å². The van der Waals surface area contributed by atoms with Crippen molar-refractivity contribution >= 4 is 5.91 Å². The quantitative estimate of drug-likeness (QED) is 0.634. The summed E-state index contributed by atoms with van der Waals surface area (Å²) in [7, 11) is 0. The molecule has 5 heteroatoms. The van der Waals surface area contributed by atoms with Gasteiger partial charge in [0.25, 0.3) is 0 Å². The lowest BCUT2D eigenvalue weighted by molar-refractivity contribution is -0.131. The minimum atomic E-state index is 0.0821. The standard InChI is InChI=1S/C23H22N2O3/c26-23(14-19-8-9-21-22(13-19)28-17-27-21)25(16-20-7-4-11-24-15-20)12-10-18-5-2-1-3-6-18/h1-9,11,13,15H,10,12,14,16-17H2. The second-order valence-corrected chi connectivity index (χ2v) is 6.78. The van der Waals surface area contributed by atoms with E-state index in [1.54, 1.807) is 6.20 Å². The highest BCUT2D eigenvalue weighted by atomic mass is 16.7. The first-order valence-electron chi connectivity index (χ1n) is 9.37. The lowest BCUT2D eigenvalue weighted by Crippen LogP contribution is -2.33. The van der Waals surface area contributed by atoms with Crippen LogP contribution in [0.3, 0.4) is 0 Å². The minimum Gasteiger partial charge on any atom is -0.454 e. The van der Waals surface area contributed by atoms with Crippen LogP contribution < -0.4 is 9.47 Å². The van der Waals surface area contributed by atoms with Crippen LogP contribution >= 0.6 is 0 Å². The van der Waals surface area contributed by atoms with Crippen LogP contribution in [0.15, 0.2) is 73.1 Å².